The van der Waals surface area contributed by atoms with Gasteiger partial charge in [0.25, 0.3) is 0 Å². The van der Waals surface area contributed by atoms with E-state index in [0.29, 0.717) is 22.2 Å². The zero-order valence-electron chi connectivity index (χ0n) is 10.5. The van der Waals surface area contributed by atoms with Gasteiger partial charge in [0.15, 0.2) is 0 Å². The minimum Gasteiger partial charge on any atom is -0.313 e. The lowest BCUT2D eigenvalue weighted by atomic mass is 9.99. The minimum absolute atomic E-state index is 0.311. The van der Waals surface area contributed by atoms with E-state index in [4.69, 9.17) is 23.2 Å². The van der Waals surface area contributed by atoms with E-state index < -0.39 is 0 Å². The van der Waals surface area contributed by atoms with Crippen molar-refractivity contribution < 1.29 is 4.39 Å². The van der Waals surface area contributed by atoms with Crippen molar-refractivity contribution in [3.05, 3.63) is 57.8 Å². The molecule has 0 aromatic heterocycles. The van der Waals surface area contributed by atoms with Gasteiger partial charge in [0.1, 0.15) is 5.82 Å². The number of rotatable bonds is 4. The summed E-state index contributed by atoms with van der Waals surface area (Å²) in [6.45, 7) is 3.58. The lowest BCUT2D eigenvalue weighted by molar-refractivity contribution is 0.628. The molecule has 0 aliphatic rings. The molecule has 0 atom stereocenters. The second-order valence-corrected chi connectivity index (χ2v) is 5.05. The molecule has 0 amide bonds. The Bertz CT molecular complexity index is 584. The van der Waals surface area contributed by atoms with Crippen LogP contribution >= 0.6 is 23.2 Å². The Morgan fingerprint density at radius 2 is 1.84 bits per heavy atom. The fourth-order valence-corrected chi connectivity index (χ4v) is 2.31. The largest absolute Gasteiger partial charge is 0.313 e. The van der Waals surface area contributed by atoms with E-state index in [-0.39, 0.29) is 5.82 Å². The van der Waals surface area contributed by atoms with Gasteiger partial charge in [-0.25, -0.2) is 4.39 Å². The van der Waals surface area contributed by atoms with E-state index in [0.717, 1.165) is 17.7 Å². The first kappa shape index (κ1) is 14.3. The SMILES string of the molecule is CCNCc1ccc(Cl)cc1-c1cc(F)ccc1Cl. The van der Waals surface area contributed by atoms with Crippen molar-refractivity contribution >= 4 is 23.2 Å². The van der Waals surface area contributed by atoms with Crippen molar-refractivity contribution in [3.63, 3.8) is 0 Å². The van der Waals surface area contributed by atoms with Crippen LogP contribution in [-0.2, 0) is 6.54 Å². The maximum atomic E-state index is 13.4. The summed E-state index contributed by atoms with van der Waals surface area (Å²) in [7, 11) is 0. The third kappa shape index (κ3) is 3.47. The number of hydrogen-bond donors (Lipinski definition) is 1. The monoisotopic (exact) mass is 297 g/mol. The summed E-state index contributed by atoms with van der Waals surface area (Å²) in [5.74, 6) is -0.311. The maximum Gasteiger partial charge on any atom is 0.123 e. The van der Waals surface area contributed by atoms with E-state index in [1.165, 1.54) is 12.1 Å². The number of benzene rings is 2. The van der Waals surface area contributed by atoms with E-state index in [2.05, 4.69) is 5.32 Å². The molecule has 0 aliphatic heterocycles. The molecule has 2 aromatic rings. The highest BCUT2D eigenvalue weighted by Crippen LogP contribution is 2.33. The molecule has 2 rings (SSSR count). The van der Waals surface area contributed by atoms with Crippen molar-refractivity contribution in [2.75, 3.05) is 6.54 Å². The quantitative estimate of drug-likeness (QED) is 0.845. The molecular weight excluding hydrogens is 284 g/mol. The first-order valence-corrected chi connectivity index (χ1v) is 6.82. The molecule has 1 N–H and O–H groups in total. The van der Waals surface area contributed by atoms with Gasteiger partial charge in [0, 0.05) is 22.2 Å². The first-order chi connectivity index (χ1) is 9.11. The minimum atomic E-state index is -0.311. The van der Waals surface area contributed by atoms with E-state index in [1.807, 2.05) is 25.1 Å². The van der Waals surface area contributed by atoms with Gasteiger partial charge in [-0.15, -0.1) is 0 Å². The van der Waals surface area contributed by atoms with Crippen molar-refractivity contribution in [2.24, 2.45) is 0 Å². The fraction of sp³-hybridized carbons (Fsp3) is 0.200. The van der Waals surface area contributed by atoms with Gasteiger partial charge in [0.05, 0.1) is 0 Å². The second kappa shape index (κ2) is 6.38. The molecule has 0 bridgehead atoms. The van der Waals surface area contributed by atoms with Crippen LogP contribution in [0.15, 0.2) is 36.4 Å². The molecule has 2 aromatic carbocycles. The van der Waals surface area contributed by atoms with E-state index in [1.54, 1.807) is 6.07 Å². The van der Waals surface area contributed by atoms with Crippen LogP contribution in [0.5, 0.6) is 0 Å². The number of hydrogen-bond acceptors (Lipinski definition) is 1. The van der Waals surface area contributed by atoms with E-state index in [9.17, 15) is 4.39 Å². The predicted molar refractivity (Wildman–Crippen MR) is 79.2 cm³/mol. The van der Waals surface area contributed by atoms with Gasteiger partial charge in [-0.05, 0) is 48.0 Å². The highest BCUT2D eigenvalue weighted by molar-refractivity contribution is 6.34. The summed E-state index contributed by atoms with van der Waals surface area (Å²) in [5.41, 5.74) is 2.56. The van der Waals surface area contributed by atoms with Crippen molar-refractivity contribution in [1.82, 2.24) is 5.32 Å². The number of halogens is 3. The molecule has 0 fully saturated rings. The van der Waals surface area contributed by atoms with Crippen LogP contribution in [-0.4, -0.2) is 6.54 Å². The van der Waals surface area contributed by atoms with Gasteiger partial charge in [0.2, 0.25) is 0 Å². The van der Waals surface area contributed by atoms with Crippen LogP contribution in [0.4, 0.5) is 4.39 Å². The first-order valence-electron chi connectivity index (χ1n) is 6.06. The molecule has 0 saturated carbocycles. The zero-order chi connectivity index (χ0) is 13.8. The van der Waals surface area contributed by atoms with Crippen molar-refractivity contribution in [3.8, 4) is 11.1 Å². The molecular formula is C15H14Cl2FN. The Morgan fingerprint density at radius 1 is 1.05 bits per heavy atom. The van der Waals surface area contributed by atoms with Gasteiger partial charge >= 0.3 is 0 Å². The molecule has 0 unspecified atom stereocenters. The lowest BCUT2D eigenvalue weighted by Gasteiger charge is -2.12. The van der Waals surface area contributed by atoms with Gasteiger partial charge < -0.3 is 5.32 Å². The molecule has 0 aliphatic carbocycles. The summed E-state index contributed by atoms with van der Waals surface area (Å²) < 4.78 is 13.4. The third-order valence-corrected chi connectivity index (χ3v) is 3.42. The predicted octanol–water partition coefficient (Wildman–Crippen LogP) is 4.91. The van der Waals surface area contributed by atoms with Crippen molar-refractivity contribution in [1.29, 1.82) is 0 Å². The highest BCUT2D eigenvalue weighted by atomic mass is 35.5. The molecule has 0 spiro atoms. The topological polar surface area (TPSA) is 12.0 Å². The average molecular weight is 298 g/mol. The fourth-order valence-electron chi connectivity index (χ4n) is 1.92. The summed E-state index contributed by atoms with van der Waals surface area (Å²) in [5, 5.41) is 4.37. The van der Waals surface area contributed by atoms with Crippen molar-refractivity contribution in [2.45, 2.75) is 13.5 Å². The van der Waals surface area contributed by atoms with Gasteiger partial charge in [-0.1, -0.05) is 36.2 Å². The third-order valence-electron chi connectivity index (χ3n) is 2.86. The Hall–Kier alpha value is -1.09. The lowest BCUT2D eigenvalue weighted by Crippen LogP contribution is -2.12. The Labute approximate surface area is 122 Å². The Kier molecular flexibility index (Phi) is 4.81. The smallest absolute Gasteiger partial charge is 0.123 e. The summed E-state index contributed by atoms with van der Waals surface area (Å²) in [4.78, 5) is 0. The summed E-state index contributed by atoms with van der Waals surface area (Å²) >= 11 is 12.2. The van der Waals surface area contributed by atoms with E-state index >= 15 is 0 Å². The summed E-state index contributed by atoms with van der Waals surface area (Å²) in [6.07, 6.45) is 0. The second-order valence-electron chi connectivity index (χ2n) is 4.21. The molecule has 1 nitrogen and oxygen atoms in total. The molecule has 0 radical (unpaired) electrons. The molecule has 0 heterocycles. The Morgan fingerprint density at radius 3 is 2.58 bits per heavy atom. The van der Waals surface area contributed by atoms with Crippen LogP contribution in [0.2, 0.25) is 10.0 Å². The molecule has 0 saturated heterocycles. The number of nitrogens with one attached hydrogen (secondary N) is 1. The zero-order valence-corrected chi connectivity index (χ0v) is 12.0. The van der Waals surface area contributed by atoms with Gasteiger partial charge in [-0.2, -0.15) is 0 Å². The highest BCUT2D eigenvalue weighted by Gasteiger charge is 2.10. The van der Waals surface area contributed by atoms with Crippen LogP contribution < -0.4 is 5.32 Å². The average Bonchev–Trinajstić information content (AvgIpc) is 2.40. The molecule has 19 heavy (non-hydrogen) atoms. The van der Waals surface area contributed by atoms with Gasteiger partial charge in [-0.3, -0.25) is 0 Å². The van der Waals surface area contributed by atoms with Crippen LogP contribution in [0.3, 0.4) is 0 Å². The van der Waals surface area contributed by atoms with Crippen LogP contribution in [0, 0.1) is 5.82 Å². The van der Waals surface area contributed by atoms with Crippen LogP contribution in [0.1, 0.15) is 12.5 Å². The molecule has 4 heteroatoms. The Balaban J connectivity index is 2.52. The normalized spacial score (nSPS) is 10.7. The standard InChI is InChI=1S/C15H14Cl2FN/c1-2-19-9-10-3-4-11(16)7-13(10)14-8-12(18)5-6-15(14)17/h3-8,19H,2,9H2,1H3. The summed E-state index contributed by atoms with van der Waals surface area (Å²) in [6, 6.07) is 9.91. The maximum absolute atomic E-state index is 13.4. The van der Waals surface area contributed by atoms with Crippen LogP contribution in [0.25, 0.3) is 11.1 Å². The molecule has 100 valence electrons.